The van der Waals surface area contributed by atoms with Gasteiger partial charge in [-0.05, 0) is 6.54 Å². The van der Waals surface area contributed by atoms with Gasteiger partial charge in [-0.2, -0.15) is 0 Å². The molecule has 0 rings (SSSR count). The number of hydrogen-bond donors (Lipinski definition) is 4. The first-order valence-corrected chi connectivity index (χ1v) is 5.91. The molecule has 5 N–H and O–H groups in total. The minimum Gasteiger partial charge on any atom is -0.550 e. The van der Waals surface area contributed by atoms with Gasteiger partial charge in [-0.15, -0.1) is 0 Å². The van der Waals surface area contributed by atoms with Gasteiger partial charge in [-0.25, -0.2) is 0 Å². The van der Waals surface area contributed by atoms with E-state index in [0.29, 0.717) is 0 Å². The summed E-state index contributed by atoms with van der Waals surface area (Å²) < 4.78 is 0. The molecule has 0 fully saturated rings. The van der Waals surface area contributed by atoms with Crippen molar-refractivity contribution in [1.82, 2.24) is 5.32 Å². The zero-order valence-electron chi connectivity index (χ0n) is 13.0. The molecule has 10 nitrogen and oxygen atoms in total. The first-order valence-electron chi connectivity index (χ1n) is 5.91. The summed E-state index contributed by atoms with van der Waals surface area (Å²) in [6.45, 7) is -1.20. The number of hydrogen-bond acceptors (Lipinski definition) is 8. The Morgan fingerprint density at radius 1 is 1.00 bits per heavy atom. The minimum absolute atomic E-state index is 0. The summed E-state index contributed by atoms with van der Waals surface area (Å²) in [7, 11) is 0. The van der Waals surface area contributed by atoms with E-state index in [1.54, 1.807) is 0 Å². The molecule has 12 heteroatoms. The second-order valence-corrected chi connectivity index (χ2v) is 4.53. The Morgan fingerprint density at radius 2 is 1.52 bits per heavy atom. The normalized spacial score (nSPS) is 13.6. The molecule has 0 amide bonds. The minimum atomic E-state index is -1.86. The van der Waals surface area contributed by atoms with Gasteiger partial charge >= 0.3 is 71.1 Å². The molecule has 0 aromatic carbocycles. The van der Waals surface area contributed by atoms with Crippen LogP contribution in [0.25, 0.3) is 0 Å². The van der Waals surface area contributed by atoms with Crippen molar-refractivity contribution >= 4 is 23.9 Å². The zero-order valence-corrected chi connectivity index (χ0v) is 17.0. The van der Waals surface area contributed by atoms with Crippen molar-refractivity contribution in [3.8, 4) is 0 Å². The molecule has 23 heavy (non-hydrogen) atoms. The first kappa shape index (κ1) is 27.6. The molecule has 0 aromatic heterocycles. The Balaban J connectivity index is -0.00000200. The number of carboxylic acid groups (broad SMARTS) is 4. The van der Waals surface area contributed by atoms with E-state index >= 15 is 0 Å². The molecule has 0 saturated heterocycles. The van der Waals surface area contributed by atoms with Crippen molar-refractivity contribution in [3.63, 3.8) is 0 Å². The van der Waals surface area contributed by atoms with Crippen molar-refractivity contribution < 1.29 is 98.7 Å². The number of rotatable bonds is 11. The predicted octanol–water partition coefficient (Wildman–Crippen LogP) is -10.3. The van der Waals surface area contributed by atoms with Crippen molar-refractivity contribution in [2.75, 3.05) is 13.1 Å². The van der Waals surface area contributed by atoms with Gasteiger partial charge in [0.15, 0.2) is 0 Å². The van der Waals surface area contributed by atoms with E-state index in [9.17, 15) is 29.4 Å². The molecule has 0 radical (unpaired) electrons. The van der Waals surface area contributed by atoms with E-state index < -0.39 is 61.1 Å². The van der Waals surface area contributed by atoms with Gasteiger partial charge in [0, 0.05) is 30.4 Å². The van der Waals surface area contributed by atoms with Gasteiger partial charge in [0.05, 0.1) is 18.8 Å². The number of nitrogens with one attached hydrogen (secondary N) is 1. The predicted molar refractivity (Wildman–Crippen MR) is 62.4 cm³/mol. The molecule has 0 aliphatic rings. The van der Waals surface area contributed by atoms with E-state index in [0.717, 1.165) is 0 Å². The van der Waals surface area contributed by atoms with E-state index in [-0.39, 0.29) is 65.7 Å². The van der Waals surface area contributed by atoms with E-state index in [1.807, 2.05) is 0 Å². The van der Waals surface area contributed by atoms with Crippen LogP contribution < -0.4 is 80.4 Å². The molecule has 0 heterocycles. The number of nitrogens with two attached hydrogens (primary N) is 1. The Labute approximate surface area is 176 Å². The number of carbonyl (C=O) groups is 4. The quantitative estimate of drug-likeness (QED) is 0.260. The molecular formula is C11H16N2Na2O8. The molecule has 0 spiro atoms. The Morgan fingerprint density at radius 3 is 1.83 bits per heavy atom. The van der Waals surface area contributed by atoms with Gasteiger partial charge in [-0.1, -0.05) is 0 Å². The molecular weight excluding hydrogens is 334 g/mol. The monoisotopic (exact) mass is 350 g/mol. The largest absolute Gasteiger partial charge is 1.00 e. The van der Waals surface area contributed by atoms with Crippen LogP contribution in [-0.4, -0.2) is 52.7 Å². The third kappa shape index (κ3) is 11.1. The summed E-state index contributed by atoms with van der Waals surface area (Å²) in [5.41, 5.74) is 3.53. The van der Waals surface area contributed by atoms with E-state index in [4.69, 9.17) is 15.9 Å². The van der Waals surface area contributed by atoms with Gasteiger partial charge in [0.2, 0.25) is 0 Å². The van der Waals surface area contributed by atoms with Gasteiger partial charge in [-0.3, -0.25) is 9.59 Å². The van der Waals surface area contributed by atoms with E-state index in [1.165, 1.54) is 0 Å². The summed E-state index contributed by atoms with van der Waals surface area (Å²) in [5, 5.41) is 41.3. The number of carbonyl (C=O) groups excluding carboxylic acids is 2. The van der Waals surface area contributed by atoms with Crippen LogP contribution >= 0.6 is 0 Å². The van der Waals surface area contributed by atoms with Crippen LogP contribution in [0.1, 0.15) is 19.3 Å². The van der Waals surface area contributed by atoms with Crippen LogP contribution in [-0.2, 0) is 19.2 Å². The van der Waals surface area contributed by atoms with Crippen molar-refractivity contribution in [2.45, 2.75) is 24.8 Å². The number of carboxylic acids is 4. The van der Waals surface area contributed by atoms with Crippen LogP contribution in [0.4, 0.5) is 0 Å². The average molecular weight is 350 g/mol. The Hall–Kier alpha value is -0.200. The van der Waals surface area contributed by atoms with Gasteiger partial charge in [0.1, 0.15) is 0 Å². The Kier molecular flexibility index (Phi) is 15.8. The first-order chi connectivity index (χ1) is 9.62. The summed E-state index contributed by atoms with van der Waals surface area (Å²) in [6.07, 6.45) is -2.36. The molecule has 2 atom stereocenters. The average Bonchev–Trinajstić information content (AvgIpc) is 2.31. The molecule has 0 aliphatic carbocycles. The summed E-state index contributed by atoms with van der Waals surface area (Å²) in [5.74, 6) is -7.15. The maximum Gasteiger partial charge on any atom is 1.00 e. The fraction of sp³-hybridized carbons (Fsp3) is 0.636. The Bertz CT molecular complexity index is 416. The smallest absolute Gasteiger partial charge is 0.550 e. The third-order valence-electron chi connectivity index (χ3n) is 3.00. The fourth-order valence-corrected chi connectivity index (χ4v) is 2.11. The van der Waals surface area contributed by atoms with Crippen molar-refractivity contribution in [3.05, 3.63) is 0 Å². The summed E-state index contributed by atoms with van der Waals surface area (Å²) in [6, 6.07) is 0. The molecule has 120 valence electrons. The molecule has 2 unspecified atom stereocenters. The zero-order chi connectivity index (χ0) is 16.6. The van der Waals surface area contributed by atoms with Gasteiger partial charge < -0.3 is 41.1 Å². The third-order valence-corrected chi connectivity index (χ3v) is 3.00. The number of aliphatic carboxylic acids is 4. The van der Waals surface area contributed by atoms with Crippen molar-refractivity contribution in [2.24, 2.45) is 11.7 Å². The molecule has 0 bridgehead atoms. The van der Waals surface area contributed by atoms with Crippen LogP contribution in [0.15, 0.2) is 0 Å². The van der Waals surface area contributed by atoms with Crippen LogP contribution in [0.2, 0.25) is 0 Å². The second-order valence-electron chi connectivity index (χ2n) is 4.53. The maximum absolute atomic E-state index is 10.9. The topological polar surface area (TPSA) is 193 Å². The fourth-order valence-electron chi connectivity index (χ4n) is 2.11. The van der Waals surface area contributed by atoms with E-state index in [2.05, 4.69) is 5.32 Å². The molecule has 0 saturated carbocycles. The molecule has 0 aromatic rings. The maximum atomic E-state index is 10.9. The standard InChI is InChI=1S/C11H18N2O8.2Na/c12-4-6(1-7(14)15)11(2-8(16)17,3-9(18)19)13-5-10(20)21;;/h6,13H,1-5,12H2,(H,14,15)(H,16,17)(H,18,19)(H,20,21);;/q;2*+1/p-2. The molecule has 0 aliphatic heterocycles. The SMILES string of the molecule is NCC(CC(=O)O)C(CC(=O)[O-])(CC(=O)O)NCC(=O)[O-].[Na+].[Na+]. The van der Waals surface area contributed by atoms with Crippen LogP contribution in [0.3, 0.4) is 0 Å². The van der Waals surface area contributed by atoms with Gasteiger partial charge in [0.25, 0.3) is 0 Å². The van der Waals surface area contributed by atoms with Crippen molar-refractivity contribution in [1.29, 1.82) is 0 Å². The van der Waals surface area contributed by atoms with Crippen LogP contribution in [0, 0.1) is 5.92 Å². The summed E-state index contributed by atoms with van der Waals surface area (Å²) >= 11 is 0. The second kappa shape index (κ2) is 13.1. The van der Waals surface area contributed by atoms with Crippen LogP contribution in [0.5, 0.6) is 0 Å². The summed E-state index contributed by atoms with van der Waals surface area (Å²) in [4.78, 5) is 43.1.